The van der Waals surface area contributed by atoms with Crippen molar-refractivity contribution in [2.45, 2.75) is 25.8 Å². The molecule has 4 nitrogen and oxygen atoms in total. The maximum atomic E-state index is 12.0. The lowest BCUT2D eigenvalue weighted by molar-refractivity contribution is 0.582. The summed E-state index contributed by atoms with van der Waals surface area (Å²) >= 11 is 3.39. The van der Waals surface area contributed by atoms with E-state index in [0.29, 0.717) is 5.69 Å². The fourth-order valence-electron chi connectivity index (χ4n) is 2.09. The molecule has 0 amide bonds. The van der Waals surface area contributed by atoms with Crippen LogP contribution in [0.1, 0.15) is 18.4 Å². The normalized spacial score (nSPS) is 20.0. The molecule has 1 atom stereocenters. The maximum absolute atomic E-state index is 12.0. The summed E-state index contributed by atoms with van der Waals surface area (Å²) in [5.41, 5.74) is 1.63. The van der Waals surface area contributed by atoms with Crippen molar-refractivity contribution in [1.29, 1.82) is 0 Å². The van der Waals surface area contributed by atoms with Crippen molar-refractivity contribution in [2.24, 2.45) is 0 Å². The first-order valence-electron chi connectivity index (χ1n) is 5.96. The highest BCUT2D eigenvalue weighted by Crippen LogP contribution is 2.21. The molecule has 1 aliphatic heterocycles. The van der Waals surface area contributed by atoms with Crippen LogP contribution in [0, 0.1) is 6.92 Å². The van der Waals surface area contributed by atoms with Gasteiger partial charge in [-0.25, -0.2) is 8.42 Å². The molecule has 1 aliphatic rings. The molecular formula is C12H17BrN2O2S. The van der Waals surface area contributed by atoms with E-state index in [9.17, 15) is 8.42 Å². The first kappa shape index (κ1) is 13.8. The van der Waals surface area contributed by atoms with E-state index in [4.69, 9.17) is 0 Å². The maximum Gasteiger partial charge on any atom is 0.234 e. The van der Waals surface area contributed by atoms with Gasteiger partial charge >= 0.3 is 0 Å². The van der Waals surface area contributed by atoms with Crippen LogP contribution in [-0.4, -0.2) is 26.8 Å². The molecular weight excluding hydrogens is 316 g/mol. The first-order chi connectivity index (χ1) is 8.46. The van der Waals surface area contributed by atoms with Gasteiger partial charge in [-0.1, -0.05) is 15.9 Å². The van der Waals surface area contributed by atoms with E-state index in [1.54, 1.807) is 6.07 Å². The predicted octanol–water partition coefficient (Wildman–Crippen LogP) is 2.25. The van der Waals surface area contributed by atoms with Gasteiger partial charge < -0.3 is 5.32 Å². The fraction of sp³-hybridized carbons (Fsp3) is 0.500. The van der Waals surface area contributed by atoms with Gasteiger partial charge in [-0.05, 0) is 50.1 Å². The van der Waals surface area contributed by atoms with Crippen LogP contribution in [0.2, 0.25) is 0 Å². The Balaban J connectivity index is 2.04. The zero-order valence-corrected chi connectivity index (χ0v) is 12.6. The molecule has 0 aromatic heterocycles. The zero-order valence-electron chi connectivity index (χ0n) is 10.2. The van der Waals surface area contributed by atoms with Crippen LogP contribution in [-0.2, 0) is 10.0 Å². The minimum Gasteiger partial charge on any atom is -0.313 e. The second-order valence-electron chi connectivity index (χ2n) is 4.64. The van der Waals surface area contributed by atoms with Crippen LogP contribution in [0.4, 0.5) is 5.69 Å². The monoisotopic (exact) mass is 332 g/mol. The van der Waals surface area contributed by atoms with E-state index in [1.807, 2.05) is 19.1 Å². The van der Waals surface area contributed by atoms with Crippen LogP contribution >= 0.6 is 15.9 Å². The highest BCUT2D eigenvalue weighted by molar-refractivity contribution is 9.10. The average molecular weight is 333 g/mol. The van der Waals surface area contributed by atoms with E-state index in [0.717, 1.165) is 29.4 Å². The van der Waals surface area contributed by atoms with Crippen LogP contribution in [0.25, 0.3) is 0 Å². The molecule has 1 aromatic carbocycles. The van der Waals surface area contributed by atoms with E-state index < -0.39 is 10.0 Å². The van der Waals surface area contributed by atoms with Crippen molar-refractivity contribution in [2.75, 3.05) is 17.0 Å². The Labute approximate surface area is 116 Å². The third-order valence-electron chi connectivity index (χ3n) is 3.01. The number of rotatable bonds is 4. The lowest BCUT2D eigenvalue weighted by Crippen LogP contribution is -2.32. The largest absolute Gasteiger partial charge is 0.313 e. The van der Waals surface area contributed by atoms with Gasteiger partial charge in [-0.15, -0.1) is 0 Å². The van der Waals surface area contributed by atoms with Crippen molar-refractivity contribution >= 4 is 31.6 Å². The number of halogens is 1. The SMILES string of the molecule is Cc1cc(NS(=O)(=O)CC2CCCN2)ccc1Br. The molecule has 18 heavy (non-hydrogen) atoms. The Kier molecular flexibility index (Phi) is 4.29. The smallest absolute Gasteiger partial charge is 0.234 e. The quantitative estimate of drug-likeness (QED) is 0.889. The number of aryl methyl sites for hydroxylation is 1. The van der Waals surface area contributed by atoms with Gasteiger partial charge in [-0.2, -0.15) is 0 Å². The van der Waals surface area contributed by atoms with Gasteiger partial charge in [0.25, 0.3) is 0 Å². The minimum atomic E-state index is -3.28. The third kappa shape index (κ3) is 3.70. The highest BCUT2D eigenvalue weighted by Gasteiger charge is 2.21. The second-order valence-corrected chi connectivity index (χ2v) is 7.26. The van der Waals surface area contributed by atoms with E-state index >= 15 is 0 Å². The Morgan fingerprint density at radius 3 is 2.89 bits per heavy atom. The van der Waals surface area contributed by atoms with Gasteiger partial charge in [-0.3, -0.25) is 4.72 Å². The number of nitrogens with one attached hydrogen (secondary N) is 2. The Morgan fingerprint density at radius 2 is 2.28 bits per heavy atom. The lowest BCUT2D eigenvalue weighted by atomic mass is 10.2. The molecule has 1 heterocycles. The van der Waals surface area contributed by atoms with Crippen LogP contribution in [0.15, 0.2) is 22.7 Å². The highest BCUT2D eigenvalue weighted by atomic mass is 79.9. The number of hydrogen-bond donors (Lipinski definition) is 2. The number of hydrogen-bond acceptors (Lipinski definition) is 3. The molecule has 0 spiro atoms. The fourth-order valence-corrected chi connectivity index (χ4v) is 3.72. The summed E-state index contributed by atoms with van der Waals surface area (Å²) in [6.07, 6.45) is 1.98. The topological polar surface area (TPSA) is 58.2 Å². The Morgan fingerprint density at radius 1 is 1.50 bits per heavy atom. The molecule has 0 saturated carbocycles. The van der Waals surface area contributed by atoms with Crippen molar-refractivity contribution in [1.82, 2.24) is 5.32 Å². The summed E-state index contributed by atoms with van der Waals surface area (Å²) in [4.78, 5) is 0. The summed E-state index contributed by atoms with van der Waals surface area (Å²) in [5.74, 6) is 0.141. The summed E-state index contributed by atoms with van der Waals surface area (Å²) in [5, 5.41) is 3.19. The third-order valence-corrected chi connectivity index (χ3v) is 5.29. The van der Waals surface area contributed by atoms with Crippen LogP contribution in [0.5, 0.6) is 0 Å². The lowest BCUT2D eigenvalue weighted by Gasteiger charge is -2.13. The summed E-state index contributed by atoms with van der Waals surface area (Å²) in [6, 6.07) is 5.51. The number of anilines is 1. The van der Waals surface area contributed by atoms with Gasteiger partial charge in [0, 0.05) is 16.2 Å². The summed E-state index contributed by atoms with van der Waals surface area (Å²) in [7, 11) is -3.28. The zero-order chi connectivity index (χ0) is 13.2. The van der Waals surface area contributed by atoms with Crippen molar-refractivity contribution in [3.63, 3.8) is 0 Å². The molecule has 0 bridgehead atoms. The summed E-state index contributed by atoms with van der Waals surface area (Å²) < 4.78 is 27.6. The van der Waals surface area contributed by atoms with E-state index in [2.05, 4.69) is 26.0 Å². The summed E-state index contributed by atoms with van der Waals surface area (Å²) in [6.45, 7) is 2.85. The molecule has 0 aliphatic carbocycles. The molecule has 2 N–H and O–H groups in total. The van der Waals surface area contributed by atoms with E-state index in [1.165, 1.54) is 0 Å². The minimum absolute atomic E-state index is 0.0824. The van der Waals surface area contributed by atoms with Gasteiger partial charge in [0.05, 0.1) is 5.75 Å². The standard InChI is InChI=1S/C12H17BrN2O2S/c1-9-7-10(4-5-12(9)13)15-18(16,17)8-11-3-2-6-14-11/h4-5,7,11,14-15H,2-3,6,8H2,1H3. The van der Waals surface area contributed by atoms with Gasteiger partial charge in [0.2, 0.25) is 10.0 Å². The number of benzene rings is 1. The Hall–Kier alpha value is -0.590. The molecule has 2 rings (SSSR count). The van der Waals surface area contributed by atoms with Gasteiger partial charge in [0.15, 0.2) is 0 Å². The molecule has 6 heteroatoms. The van der Waals surface area contributed by atoms with Crippen LogP contribution in [0.3, 0.4) is 0 Å². The number of sulfonamides is 1. The molecule has 0 radical (unpaired) electrons. The van der Waals surface area contributed by atoms with E-state index in [-0.39, 0.29) is 11.8 Å². The van der Waals surface area contributed by atoms with Crippen molar-refractivity contribution in [3.8, 4) is 0 Å². The molecule has 100 valence electrons. The Bertz CT molecular complexity index is 525. The predicted molar refractivity (Wildman–Crippen MR) is 77.3 cm³/mol. The van der Waals surface area contributed by atoms with Crippen LogP contribution < -0.4 is 10.0 Å². The molecule has 1 unspecified atom stereocenters. The molecule has 1 fully saturated rings. The second kappa shape index (κ2) is 5.59. The first-order valence-corrected chi connectivity index (χ1v) is 8.41. The van der Waals surface area contributed by atoms with Crippen molar-refractivity contribution < 1.29 is 8.42 Å². The van der Waals surface area contributed by atoms with Crippen molar-refractivity contribution in [3.05, 3.63) is 28.2 Å². The molecule has 1 aromatic rings. The average Bonchev–Trinajstić information content (AvgIpc) is 2.75. The van der Waals surface area contributed by atoms with Gasteiger partial charge in [0.1, 0.15) is 0 Å². The molecule has 1 saturated heterocycles.